The Morgan fingerprint density at radius 3 is 2.43 bits per heavy atom. The van der Waals surface area contributed by atoms with E-state index in [2.05, 4.69) is 55.3 Å². The first-order chi connectivity index (χ1) is 13.4. The van der Waals surface area contributed by atoms with E-state index in [-0.39, 0.29) is 11.3 Å². The topological polar surface area (TPSA) is 48.7 Å². The number of hydrogen-bond donors (Lipinski definition) is 1. The van der Waals surface area contributed by atoms with Crippen LogP contribution in [-0.2, 0) is 5.41 Å². The van der Waals surface area contributed by atoms with Crippen LogP contribution < -0.4 is 5.32 Å². The maximum atomic E-state index is 12.9. The minimum Gasteiger partial charge on any atom is -0.451 e. The van der Waals surface area contributed by atoms with Crippen molar-refractivity contribution in [1.82, 2.24) is 15.1 Å². The zero-order valence-electron chi connectivity index (χ0n) is 17.2. The first-order valence-electron chi connectivity index (χ1n) is 10.4. The normalized spacial score (nSPS) is 21.2. The van der Waals surface area contributed by atoms with Gasteiger partial charge in [-0.1, -0.05) is 45.0 Å². The Labute approximate surface area is 167 Å². The van der Waals surface area contributed by atoms with Crippen molar-refractivity contribution in [3.63, 3.8) is 0 Å². The average Bonchev–Trinajstić information content (AvgIpc) is 3.38. The van der Waals surface area contributed by atoms with Crippen molar-refractivity contribution in [2.45, 2.75) is 38.6 Å². The molecule has 150 valence electrons. The molecular formula is C23H31N3O2. The predicted molar refractivity (Wildman–Crippen MR) is 112 cm³/mol. The number of amides is 1. The zero-order chi connectivity index (χ0) is 19.7. The summed E-state index contributed by atoms with van der Waals surface area (Å²) >= 11 is 0. The van der Waals surface area contributed by atoms with E-state index in [9.17, 15) is 4.79 Å². The molecule has 0 saturated carbocycles. The van der Waals surface area contributed by atoms with Crippen molar-refractivity contribution in [2.24, 2.45) is 0 Å². The molecule has 1 unspecified atom stereocenters. The van der Waals surface area contributed by atoms with Crippen LogP contribution >= 0.6 is 0 Å². The van der Waals surface area contributed by atoms with Crippen LogP contribution in [0.15, 0.2) is 40.8 Å². The Hall–Kier alpha value is -2.11. The molecule has 2 aromatic rings. The second kappa shape index (κ2) is 7.72. The maximum Gasteiger partial charge on any atom is 0.289 e. The highest BCUT2D eigenvalue weighted by Crippen LogP contribution is 2.28. The number of likely N-dealkylation sites (tertiary alicyclic amines) is 1. The van der Waals surface area contributed by atoms with Crippen molar-refractivity contribution in [1.29, 1.82) is 0 Å². The number of benzene rings is 1. The Kier molecular flexibility index (Phi) is 5.30. The fourth-order valence-electron chi connectivity index (χ4n) is 4.17. The number of nitrogens with zero attached hydrogens (tertiary/aromatic N) is 2. The van der Waals surface area contributed by atoms with Gasteiger partial charge in [-0.2, -0.15) is 0 Å². The molecule has 1 aromatic carbocycles. The van der Waals surface area contributed by atoms with E-state index in [0.717, 1.165) is 57.0 Å². The van der Waals surface area contributed by atoms with E-state index in [1.54, 1.807) is 0 Å². The van der Waals surface area contributed by atoms with E-state index in [1.165, 1.54) is 5.56 Å². The lowest BCUT2D eigenvalue weighted by molar-refractivity contribution is 0.0743. The monoisotopic (exact) mass is 381 g/mol. The van der Waals surface area contributed by atoms with Gasteiger partial charge >= 0.3 is 0 Å². The van der Waals surface area contributed by atoms with Gasteiger partial charge in [-0.25, -0.2) is 0 Å². The van der Waals surface area contributed by atoms with Crippen molar-refractivity contribution < 1.29 is 9.21 Å². The second-order valence-electron chi connectivity index (χ2n) is 8.97. The van der Waals surface area contributed by atoms with Crippen molar-refractivity contribution in [3.8, 4) is 11.3 Å². The lowest BCUT2D eigenvalue weighted by Gasteiger charge is -2.32. The summed E-state index contributed by atoms with van der Waals surface area (Å²) in [7, 11) is 0. The largest absolute Gasteiger partial charge is 0.451 e. The number of hydrogen-bond acceptors (Lipinski definition) is 4. The summed E-state index contributed by atoms with van der Waals surface area (Å²) in [5, 5.41) is 3.39. The summed E-state index contributed by atoms with van der Waals surface area (Å²) in [5.74, 6) is 1.20. The number of piperazine rings is 1. The number of nitrogens with one attached hydrogen (secondary N) is 1. The summed E-state index contributed by atoms with van der Waals surface area (Å²) in [6.07, 6.45) is 1.05. The van der Waals surface area contributed by atoms with Crippen LogP contribution in [0.5, 0.6) is 0 Å². The molecule has 1 amide bonds. The van der Waals surface area contributed by atoms with Crippen molar-refractivity contribution >= 4 is 5.91 Å². The Bertz CT molecular complexity index is 813. The fourth-order valence-corrected chi connectivity index (χ4v) is 4.17. The Balaban J connectivity index is 1.42. The first kappa shape index (κ1) is 19.2. The van der Waals surface area contributed by atoms with Gasteiger partial charge in [0.2, 0.25) is 0 Å². The molecule has 1 N–H and O–H groups in total. The SMILES string of the molecule is CC(C)(C)c1ccc(-c2ccc(C(=O)N3CCC(N4CCNCC4)C3)o2)cc1. The van der Waals surface area contributed by atoms with Gasteiger partial charge in [0.25, 0.3) is 5.91 Å². The second-order valence-corrected chi connectivity index (χ2v) is 8.97. The van der Waals surface area contributed by atoms with Crippen molar-refractivity contribution in [3.05, 3.63) is 47.7 Å². The van der Waals surface area contributed by atoms with Gasteiger partial charge < -0.3 is 14.6 Å². The third kappa shape index (κ3) is 4.01. The van der Waals surface area contributed by atoms with Gasteiger partial charge in [0.15, 0.2) is 5.76 Å². The Morgan fingerprint density at radius 2 is 1.75 bits per heavy atom. The highest BCUT2D eigenvalue weighted by atomic mass is 16.4. The molecule has 2 aliphatic rings. The van der Waals surface area contributed by atoms with Crippen molar-refractivity contribution in [2.75, 3.05) is 39.3 Å². The van der Waals surface area contributed by atoms with Crippen LogP contribution in [-0.4, -0.2) is 61.0 Å². The summed E-state index contributed by atoms with van der Waals surface area (Å²) < 4.78 is 5.94. The molecule has 3 heterocycles. The molecule has 1 aromatic heterocycles. The number of rotatable bonds is 3. The summed E-state index contributed by atoms with van der Waals surface area (Å²) in [6, 6.07) is 12.6. The number of furan rings is 1. The van der Waals surface area contributed by atoms with E-state index in [1.807, 2.05) is 17.0 Å². The van der Waals surface area contributed by atoms with Crippen LogP contribution in [0.25, 0.3) is 11.3 Å². The number of carbonyl (C=O) groups is 1. The third-order valence-electron chi connectivity index (χ3n) is 5.97. The quantitative estimate of drug-likeness (QED) is 0.886. The van der Waals surface area contributed by atoms with Crippen LogP contribution in [0, 0.1) is 0 Å². The molecule has 2 saturated heterocycles. The molecule has 2 aliphatic heterocycles. The lowest BCUT2D eigenvalue weighted by atomic mass is 9.86. The van der Waals surface area contributed by atoms with Gasteiger partial charge in [0, 0.05) is 50.9 Å². The molecule has 0 spiro atoms. The van der Waals surface area contributed by atoms with Crippen LogP contribution in [0.3, 0.4) is 0 Å². The summed E-state index contributed by atoms with van der Waals surface area (Å²) in [6.45, 7) is 12.4. The molecule has 1 atom stereocenters. The average molecular weight is 382 g/mol. The maximum absolute atomic E-state index is 12.9. The van der Waals surface area contributed by atoms with Gasteiger partial charge in [-0.15, -0.1) is 0 Å². The van der Waals surface area contributed by atoms with E-state index < -0.39 is 0 Å². The van der Waals surface area contributed by atoms with E-state index in [4.69, 9.17) is 4.42 Å². The molecule has 0 aliphatic carbocycles. The lowest BCUT2D eigenvalue weighted by Crippen LogP contribution is -2.49. The minimum absolute atomic E-state index is 0.00944. The third-order valence-corrected chi connectivity index (χ3v) is 5.97. The van der Waals surface area contributed by atoms with E-state index >= 15 is 0 Å². The molecule has 4 rings (SSSR count). The zero-order valence-corrected chi connectivity index (χ0v) is 17.2. The number of carbonyl (C=O) groups excluding carboxylic acids is 1. The molecular weight excluding hydrogens is 350 g/mol. The highest BCUT2D eigenvalue weighted by Gasteiger charge is 2.32. The molecule has 0 bridgehead atoms. The van der Waals surface area contributed by atoms with Gasteiger partial charge in [-0.05, 0) is 29.5 Å². The molecule has 28 heavy (non-hydrogen) atoms. The summed E-state index contributed by atoms with van der Waals surface area (Å²) in [4.78, 5) is 17.4. The van der Waals surface area contributed by atoms with Crippen LogP contribution in [0.2, 0.25) is 0 Å². The molecule has 5 heteroatoms. The Morgan fingerprint density at radius 1 is 1.04 bits per heavy atom. The van der Waals surface area contributed by atoms with E-state index in [0.29, 0.717) is 11.8 Å². The highest BCUT2D eigenvalue weighted by molar-refractivity contribution is 5.92. The van der Waals surface area contributed by atoms with Gasteiger partial charge in [-0.3, -0.25) is 9.69 Å². The minimum atomic E-state index is 0.00944. The van der Waals surface area contributed by atoms with Gasteiger partial charge in [0.05, 0.1) is 0 Å². The first-order valence-corrected chi connectivity index (χ1v) is 10.4. The molecule has 2 fully saturated rings. The smallest absolute Gasteiger partial charge is 0.289 e. The standard InChI is InChI=1S/C23H31N3O2/c1-23(2,3)18-6-4-17(5-7-18)20-8-9-21(28-20)22(27)26-13-10-19(16-26)25-14-11-24-12-15-25/h4-9,19,24H,10-16H2,1-3H3. The fraction of sp³-hybridized carbons (Fsp3) is 0.522. The summed E-state index contributed by atoms with van der Waals surface area (Å²) in [5.41, 5.74) is 2.42. The molecule has 5 nitrogen and oxygen atoms in total. The predicted octanol–water partition coefficient (Wildman–Crippen LogP) is 3.36. The molecule has 0 radical (unpaired) electrons. The van der Waals surface area contributed by atoms with Gasteiger partial charge in [0.1, 0.15) is 5.76 Å². The van der Waals surface area contributed by atoms with Crippen LogP contribution in [0.4, 0.5) is 0 Å². The van der Waals surface area contributed by atoms with Crippen LogP contribution in [0.1, 0.15) is 43.3 Å².